The number of aliphatic hydroxyl groups is 4. The van der Waals surface area contributed by atoms with Crippen LogP contribution in [-0.4, -0.2) is 194 Å². The molecule has 5 rings (SSSR count). The first-order valence-electron chi connectivity index (χ1n) is 27.6. The van der Waals surface area contributed by atoms with E-state index in [2.05, 4.69) is 15.2 Å². The minimum atomic E-state index is -2.02. The van der Waals surface area contributed by atoms with E-state index < -0.39 is 107 Å². The number of esters is 1. The number of methoxy groups -OCH3 is 2. The molecule has 2 aromatic rings. The van der Waals surface area contributed by atoms with Crippen LogP contribution in [0.4, 0.5) is 0 Å². The molecule has 0 radical (unpaired) electrons. The molecule has 21 nitrogen and oxygen atoms in total. The number of hydrogen-bond donors (Lipinski definition) is 6. The standard InChI is InChI=1S/C56H94N6O15/c1-16-43-55(10,68)49(66)35(4)46(64)33(2)28-53(8,71-14)50(36(5)48(37(6)51(67)75-43)76-45-29-54(9,72-15)56(69,32-60(11)12)38(7)74-45)77-52-47(65)42(27-34(3)73-52)61(13)30-39-22-24-40(25-23-39)41-31-62(59-57-41)26-20-18-17-19-21-44(63)58-70/h22-25,31,33-38,42-43,45,47-50,52,65-66,68-70H,16-21,26-30,32H2,1-15H3,(H,58,63)/t33-,34+,35+,36-,37-,38+,42-,43-,45+,47+,48+,49+,50-,52-,53-,54-,55-,56+/m0/s1. The Morgan fingerprint density at radius 2 is 1.56 bits per heavy atom. The molecule has 1 aromatic heterocycles. The van der Waals surface area contributed by atoms with Gasteiger partial charge in [0.15, 0.2) is 12.6 Å². The summed E-state index contributed by atoms with van der Waals surface area (Å²) in [5, 5.41) is 65.6. The number of cyclic esters (lactones) is 1. The van der Waals surface area contributed by atoms with Gasteiger partial charge in [0.1, 0.15) is 40.5 Å². The van der Waals surface area contributed by atoms with Crippen LogP contribution in [0.5, 0.6) is 0 Å². The summed E-state index contributed by atoms with van der Waals surface area (Å²) >= 11 is 0. The maximum absolute atomic E-state index is 14.6. The molecule has 0 unspecified atom stereocenters. The number of carbonyl (C=O) groups excluding carboxylic acids is 3. The van der Waals surface area contributed by atoms with E-state index in [1.165, 1.54) is 21.1 Å². The Balaban J connectivity index is 1.45. The highest BCUT2D eigenvalue weighted by molar-refractivity contribution is 5.83. The first-order valence-corrected chi connectivity index (χ1v) is 27.6. The SMILES string of the molecule is CC[C@@H]1OC(=O)[C@@H](C)[C@H](O[C@@H]2C[C@](C)(OC)[C@@](O)(CN(C)C)[C@@H](C)O2)[C@H](C)[C@H](O[C@@H]2O[C@H](C)C[C@H](N(C)Cc3ccc(-c4cn(CCCCCCC(=O)NO)nn4)cc3)[C@H]2O)[C@@](C)(OC)C[C@H](C)C(=O)[C@@H](C)[C@@H](O)[C@@]1(C)O. The molecule has 0 spiro atoms. The van der Waals surface area contributed by atoms with Crippen molar-refractivity contribution >= 4 is 17.7 Å². The summed E-state index contributed by atoms with van der Waals surface area (Å²) in [7, 11) is 8.66. The van der Waals surface area contributed by atoms with Gasteiger partial charge in [-0.15, -0.1) is 5.10 Å². The molecule has 3 aliphatic rings. The Morgan fingerprint density at radius 1 is 0.896 bits per heavy atom. The third-order valence-corrected chi connectivity index (χ3v) is 17.1. The Bertz CT molecular complexity index is 2200. The third kappa shape index (κ3) is 15.1. The number of amides is 1. The molecule has 0 bridgehead atoms. The van der Waals surface area contributed by atoms with Gasteiger partial charge in [0.05, 0.1) is 48.2 Å². The monoisotopic (exact) mass is 1090 g/mol. The highest BCUT2D eigenvalue weighted by atomic mass is 16.7. The van der Waals surface area contributed by atoms with Gasteiger partial charge in [0.2, 0.25) is 5.91 Å². The zero-order valence-electron chi connectivity index (χ0n) is 48.5. The predicted molar refractivity (Wildman–Crippen MR) is 285 cm³/mol. The molecule has 0 aliphatic carbocycles. The van der Waals surface area contributed by atoms with E-state index >= 15 is 0 Å². The van der Waals surface area contributed by atoms with Crippen LogP contribution in [0.1, 0.15) is 133 Å². The van der Waals surface area contributed by atoms with Gasteiger partial charge in [-0.1, -0.05) is 70.0 Å². The Kier molecular flexibility index (Phi) is 22.8. The summed E-state index contributed by atoms with van der Waals surface area (Å²) in [5.74, 6) is -5.21. The quantitative estimate of drug-likeness (QED) is 0.0456. The second kappa shape index (κ2) is 27.3. The number of aliphatic hydroxyl groups excluding tert-OH is 2. The minimum Gasteiger partial charge on any atom is -0.459 e. The highest BCUT2D eigenvalue weighted by Crippen LogP contribution is 2.44. The molecule has 77 heavy (non-hydrogen) atoms. The smallest absolute Gasteiger partial charge is 0.311 e. The number of nitrogens with one attached hydrogen (secondary N) is 1. The first kappa shape index (κ1) is 64.3. The number of Topliss-reactive ketones (excluding diaryl/α,β-unsaturated/α-hetero) is 1. The number of nitrogens with zero attached hydrogens (tertiary/aromatic N) is 5. The van der Waals surface area contributed by atoms with Crippen molar-refractivity contribution in [1.82, 2.24) is 30.3 Å². The number of ether oxygens (including phenoxy) is 7. The fourth-order valence-electron chi connectivity index (χ4n) is 12.0. The number of rotatable bonds is 20. The fraction of sp³-hybridized carbons (Fsp3) is 0.804. The number of likely N-dealkylation sites (N-methyl/N-ethyl adjacent to an activating group) is 2. The summed E-state index contributed by atoms with van der Waals surface area (Å²) in [4.78, 5) is 44.2. The van der Waals surface area contributed by atoms with Crippen LogP contribution in [0, 0.1) is 23.7 Å². The van der Waals surface area contributed by atoms with Gasteiger partial charge in [-0.25, -0.2) is 5.48 Å². The minimum absolute atomic E-state index is 0.0530. The molecule has 3 saturated heterocycles. The summed E-state index contributed by atoms with van der Waals surface area (Å²) in [5.41, 5.74) is -1.75. The van der Waals surface area contributed by atoms with Crippen molar-refractivity contribution in [2.24, 2.45) is 23.7 Å². The maximum atomic E-state index is 14.6. The van der Waals surface area contributed by atoms with E-state index in [4.69, 9.17) is 38.4 Å². The maximum Gasteiger partial charge on any atom is 0.311 e. The molecule has 438 valence electrons. The molecule has 4 heterocycles. The lowest BCUT2D eigenvalue weighted by Crippen LogP contribution is -2.70. The lowest BCUT2D eigenvalue weighted by atomic mass is 9.73. The van der Waals surface area contributed by atoms with Crippen LogP contribution >= 0.6 is 0 Å². The average Bonchev–Trinajstić information content (AvgIpc) is 3.87. The number of hydroxylamine groups is 1. The predicted octanol–water partition coefficient (Wildman–Crippen LogP) is 4.66. The fourth-order valence-corrected chi connectivity index (χ4v) is 12.0. The molecule has 18 atom stereocenters. The molecular weight excluding hydrogens is 997 g/mol. The van der Waals surface area contributed by atoms with Crippen molar-refractivity contribution in [2.45, 2.75) is 224 Å². The van der Waals surface area contributed by atoms with Gasteiger partial charge in [-0.05, 0) is 100 Å². The molecule has 3 fully saturated rings. The van der Waals surface area contributed by atoms with Crippen molar-refractivity contribution in [1.29, 1.82) is 0 Å². The van der Waals surface area contributed by atoms with Crippen LogP contribution in [0.3, 0.4) is 0 Å². The largest absolute Gasteiger partial charge is 0.459 e. The zero-order valence-corrected chi connectivity index (χ0v) is 48.5. The Labute approximate surface area is 456 Å². The summed E-state index contributed by atoms with van der Waals surface area (Å²) < 4.78 is 47.5. The number of carbonyl (C=O) groups is 3. The van der Waals surface area contributed by atoms with Gasteiger partial charge in [-0.2, -0.15) is 0 Å². The van der Waals surface area contributed by atoms with Crippen LogP contribution in [0.2, 0.25) is 0 Å². The van der Waals surface area contributed by atoms with E-state index in [1.807, 2.05) is 75.0 Å². The molecule has 1 aromatic carbocycles. The van der Waals surface area contributed by atoms with E-state index in [0.29, 0.717) is 25.9 Å². The van der Waals surface area contributed by atoms with E-state index in [1.54, 1.807) is 53.9 Å². The lowest BCUT2D eigenvalue weighted by Gasteiger charge is -2.54. The molecule has 6 N–H and O–H groups in total. The number of ketones is 1. The van der Waals surface area contributed by atoms with Crippen molar-refractivity contribution < 1.29 is 73.2 Å². The van der Waals surface area contributed by atoms with Crippen LogP contribution in [0.15, 0.2) is 30.5 Å². The second-order valence-electron chi connectivity index (χ2n) is 23.4. The van der Waals surface area contributed by atoms with Crippen molar-refractivity contribution in [3.63, 3.8) is 0 Å². The van der Waals surface area contributed by atoms with Crippen molar-refractivity contribution in [2.75, 3.05) is 41.9 Å². The first-order chi connectivity index (χ1) is 36.1. The summed E-state index contributed by atoms with van der Waals surface area (Å²) in [6.07, 6.45) is -3.42. The van der Waals surface area contributed by atoms with Crippen LogP contribution in [-0.2, 0) is 60.6 Å². The highest BCUT2D eigenvalue weighted by Gasteiger charge is 2.59. The number of hydrogen-bond acceptors (Lipinski definition) is 19. The molecule has 21 heteroatoms. The van der Waals surface area contributed by atoms with E-state index in [9.17, 15) is 34.8 Å². The van der Waals surface area contributed by atoms with Crippen molar-refractivity contribution in [3.8, 4) is 11.3 Å². The third-order valence-electron chi connectivity index (χ3n) is 17.1. The van der Waals surface area contributed by atoms with Gasteiger partial charge < -0.3 is 58.5 Å². The van der Waals surface area contributed by atoms with Crippen molar-refractivity contribution in [3.05, 3.63) is 36.0 Å². The van der Waals surface area contributed by atoms with Gasteiger partial charge >= 0.3 is 5.97 Å². The molecule has 0 saturated carbocycles. The Hall–Kier alpha value is -3.55. The zero-order chi connectivity index (χ0) is 57.4. The van der Waals surface area contributed by atoms with Crippen LogP contribution < -0.4 is 5.48 Å². The van der Waals surface area contributed by atoms with Gasteiger partial charge in [0, 0.05) is 76.1 Å². The average molecular weight is 1090 g/mol. The van der Waals surface area contributed by atoms with Crippen LogP contribution in [0.25, 0.3) is 11.3 Å². The normalized spacial score (nSPS) is 37.9. The molecular formula is C56H94N6O15. The van der Waals surface area contributed by atoms with Gasteiger partial charge in [0.25, 0.3) is 0 Å². The molecule has 1 amide bonds. The Morgan fingerprint density at radius 3 is 2.17 bits per heavy atom. The summed E-state index contributed by atoms with van der Waals surface area (Å²) in [6.45, 7) is 18.5. The van der Waals surface area contributed by atoms with Gasteiger partial charge in [-0.3, -0.25) is 29.2 Å². The second-order valence-corrected chi connectivity index (χ2v) is 23.4. The van der Waals surface area contributed by atoms with E-state index in [0.717, 1.165) is 36.1 Å². The number of unbranched alkanes of at least 4 members (excludes halogenated alkanes) is 3. The number of benzene rings is 1. The topological polar surface area (TPSA) is 266 Å². The lowest BCUT2D eigenvalue weighted by molar-refractivity contribution is -0.339. The van der Waals surface area contributed by atoms with E-state index in [-0.39, 0.29) is 50.0 Å². The number of aromatic nitrogens is 3. The molecule has 3 aliphatic heterocycles. The number of aryl methyl sites for hydroxylation is 1. The summed E-state index contributed by atoms with van der Waals surface area (Å²) in [6, 6.07) is 7.57.